The van der Waals surface area contributed by atoms with Crippen molar-refractivity contribution in [1.82, 2.24) is 5.32 Å². The number of rotatable bonds is 7. The van der Waals surface area contributed by atoms with E-state index in [1.54, 1.807) is 25.1 Å². The highest BCUT2D eigenvalue weighted by molar-refractivity contribution is 5.86. The third-order valence-electron chi connectivity index (χ3n) is 4.83. The first-order chi connectivity index (χ1) is 13.2. The van der Waals surface area contributed by atoms with Gasteiger partial charge < -0.3 is 15.2 Å². The number of esters is 1. The Morgan fingerprint density at radius 2 is 1.68 bits per heavy atom. The second kappa shape index (κ2) is 9.40. The fraction of sp³-hybridized carbons (Fsp3) is 0.391. The maximum Gasteiger partial charge on any atom is 0.328 e. The van der Waals surface area contributed by atoms with Crippen molar-refractivity contribution in [1.29, 1.82) is 0 Å². The van der Waals surface area contributed by atoms with Crippen LogP contribution in [0, 0.1) is 27.7 Å². The summed E-state index contributed by atoms with van der Waals surface area (Å²) < 4.78 is 5.15. The van der Waals surface area contributed by atoms with Gasteiger partial charge in [0.25, 0.3) is 0 Å². The standard InChI is InChI=1S/C23H29NO4/c1-6-28-23(27)21(12-18-7-8-19(25)11-15(18)3)24-22(26)13-20-16(4)9-14(2)10-17(20)5/h7-11,21,25H,6,12-13H2,1-5H3,(H,24,26)/t21-/m0/s1. The Hall–Kier alpha value is -2.82. The Balaban J connectivity index is 2.18. The molecule has 5 heteroatoms. The van der Waals surface area contributed by atoms with Crippen LogP contribution in [0.4, 0.5) is 0 Å². The molecule has 0 aliphatic rings. The van der Waals surface area contributed by atoms with E-state index in [9.17, 15) is 14.7 Å². The molecule has 1 amide bonds. The normalized spacial score (nSPS) is 11.8. The van der Waals surface area contributed by atoms with Crippen LogP contribution in [-0.2, 0) is 27.2 Å². The smallest absolute Gasteiger partial charge is 0.328 e. The van der Waals surface area contributed by atoms with E-state index < -0.39 is 12.0 Å². The molecule has 0 fully saturated rings. The zero-order valence-electron chi connectivity index (χ0n) is 17.3. The van der Waals surface area contributed by atoms with Crippen molar-refractivity contribution >= 4 is 11.9 Å². The predicted molar refractivity (Wildman–Crippen MR) is 109 cm³/mol. The molecule has 2 aromatic rings. The first kappa shape index (κ1) is 21.5. The number of nitrogens with one attached hydrogen (secondary N) is 1. The van der Waals surface area contributed by atoms with E-state index in [1.165, 1.54) is 0 Å². The van der Waals surface area contributed by atoms with Gasteiger partial charge >= 0.3 is 5.97 Å². The van der Waals surface area contributed by atoms with E-state index in [1.807, 2.05) is 27.7 Å². The van der Waals surface area contributed by atoms with Crippen LogP contribution in [0.3, 0.4) is 0 Å². The summed E-state index contributed by atoms with van der Waals surface area (Å²) in [5, 5.41) is 12.4. The second-order valence-corrected chi connectivity index (χ2v) is 7.24. The molecule has 0 bridgehead atoms. The van der Waals surface area contributed by atoms with Crippen LogP contribution in [0.2, 0.25) is 0 Å². The summed E-state index contributed by atoms with van der Waals surface area (Å²) in [6, 6.07) is 8.30. The molecule has 2 rings (SSSR count). The van der Waals surface area contributed by atoms with Crippen molar-refractivity contribution < 1.29 is 19.4 Å². The van der Waals surface area contributed by atoms with E-state index in [4.69, 9.17) is 4.74 Å². The monoisotopic (exact) mass is 383 g/mol. The number of hydrogen-bond acceptors (Lipinski definition) is 4. The molecule has 150 valence electrons. The second-order valence-electron chi connectivity index (χ2n) is 7.24. The molecule has 28 heavy (non-hydrogen) atoms. The summed E-state index contributed by atoms with van der Waals surface area (Å²) in [4.78, 5) is 25.1. The molecular weight excluding hydrogens is 354 g/mol. The van der Waals surface area contributed by atoms with E-state index in [0.29, 0.717) is 6.42 Å². The number of aryl methyl sites for hydroxylation is 4. The molecular formula is C23H29NO4. The lowest BCUT2D eigenvalue weighted by atomic mass is 9.96. The number of aromatic hydroxyl groups is 1. The first-order valence-electron chi connectivity index (χ1n) is 9.52. The number of amides is 1. The molecule has 0 spiro atoms. The molecule has 0 aliphatic heterocycles. The third-order valence-corrected chi connectivity index (χ3v) is 4.83. The largest absolute Gasteiger partial charge is 0.508 e. The van der Waals surface area contributed by atoms with Crippen molar-refractivity contribution in [2.45, 2.75) is 53.5 Å². The van der Waals surface area contributed by atoms with Crippen LogP contribution in [0.5, 0.6) is 5.75 Å². The van der Waals surface area contributed by atoms with Gasteiger partial charge in [-0.2, -0.15) is 0 Å². The Bertz CT molecular complexity index is 850. The summed E-state index contributed by atoms with van der Waals surface area (Å²) in [6.07, 6.45) is 0.519. The number of benzene rings is 2. The van der Waals surface area contributed by atoms with Crippen molar-refractivity contribution in [3.8, 4) is 5.75 Å². The van der Waals surface area contributed by atoms with Gasteiger partial charge in [0, 0.05) is 6.42 Å². The van der Waals surface area contributed by atoms with Crippen LogP contribution in [0.15, 0.2) is 30.3 Å². The van der Waals surface area contributed by atoms with Gasteiger partial charge in [0.05, 0.1) is 13.0 Å². The molecule has 2 aromatic carbocycles. The molecule has 0 unspecified atom stereocenters. The van der Waals surface area contributed by atoms with E-state index >= 15 is 0 Å². The number of carbonyl (C=O) groups excluding carboxylic acids is 2. The van der Waals surface area contributed by atoms with Crippen molar-refractivity contribution in [3.63, 3.8) is 0 Å². The molecule has 0 saturated heterocycles. The first-order valence-corrected chi connectivity index (χ1v) is 9.52. The quantitative estimate of drug-likeness (QED) is 0.718. The topological polar surface area (TPSA) is 75.6 Å². The van der Waals surface area contributed by atoms with Gasteiger partial charge in [-0.1, -0.05) is 23.8 Å². The lowest BCUT2D eigenvalue weighted by molar-refractivity contribution is -0.147. The van der Waals surface area contributed by atoms with Gasteiger partial charge in [0.2, 0.25) is 5.91 Å². The number of phenolic OH excluding ortho intramolecular Hbond substituents is 1. The minimum absolute atomic E-state index is 0.170. The average molecular weight is 383 g/mol. The van der Waals surface area contributed by atoms with Crippen LogP contribution in [-0.4, -0.2) is 29.6 Å². The van der Waals surface area contributed by atoms with Crippen molar-refractivity contribution in [3.05, 3.63) is 63.7 Å². The Morgan fingerprint density at radius 3 is 2.25 bits per heavy atom. The molecule has 5 nitrogen and oxygen atoms in total. The summed E-state index contributed by atoms with van der Waals surface area (Å²) >= 11 is 0. The number of ether oxygens (including phenoxy) is 1. The lowest BCUT2D eigenvalue weighted by Gasteiger charge is -2.19. The highest BCUT2D eigenvalue weighted by Crippen LogP contribution is 2.19. The van der Waals surface area contributed by atoms with Crippen molar-refractivity contribution in [2.75, 3.05) is 6.61 Å². The summed E-state index contributed by atoms with van der Waals surface area (Å²) in [6.45, 7) is 9.85. The van der Waals surface area contributed by atoms with E-state index in [0.717, 1.165) is 33.4 Å². The maximum atomic E-state index is 12.7. The minimum Gasteiger partial charge on any atom is -0.508 e. The predicted octanol–water partition coefficient (Wildman–Crippen LogP) is 3.46. The van der Waals surface area contributed by atoms with Gasteiger partial charge in [-0.05, 0) is 74.6 Å². The Morgan fingerprint density at radius 1 is 1.04 bits per heavy atom. The van der Waals surface area contributed by atoms with Crippen LogP contribution in [0.1, 0.15) is 40.3 Å². The van der Waals surface area contributed by atoms with E-state index in [2.05, 4.69) is 17.4 Å². The Labute approximate surface area is 166 Å². The molecule has 0 aromatic heterocycles. The molecule has 0 radical (unpaired) electrons. The maximum absolute atomic E-state index is 12.7. The minimum atomic E-state index is -0.776. The van der Waals surface area contributed by atoms with E-state index in [-0.39, 0.29) is 24.7 Å². The number of hydrogen-bond donors (Lipinski definition) is 2. The zero-order valence-corrected chi connectivity index (χ0v) is 17.3. The van der Waals surface area contributed by atoms with Gasteiger partial charge in [0.15, 0.2) is 0 Å². The lowest BCUT2D eigenvalue weighted by Crippen LogP contribution is -2.44. The van der Waals surface area contributed by atoms with Gasteiger partial charge in [0.1, 0.15) is 11.8 Å². The molecule has 0 saturated carbocycles. The molecule has 0 aliphatic carbocycles. The molecule has 2 N–H and O–H groups in total. The number of phenols is 1. The number of carbonyl (C=O) groups is 2. The highest BCUT2D eigenvalue weighted by atomic mass is 16.5. The van der Waals surface area contributed by atoms with Gasteiger partial charge in [-0.3, -0.25) is 4.79 Å². The average Bonchev–Trinajstić information content (AvgIpc) is 2.60. The summed E-state index contributed by atoms with van der Waals surface area (Å²) in [5.74, 6) is -0.506. The fourth-order valence-electron chi connectivity index (χ4n) is 3.46. The van der Waals surface area contributed by atoms with Crippen LogP contribution in [0.25, 0.3) is 0 Å². The zero-order chi connectivity index (χ0) is 20.8. The highest BCUT2D eigenvalue weighted by Gasteiger charge is 2.24. The van der Waals surface area contributed by atoms with Gasteiger partial charge in [-0.15, -0.1) is 0 Å². The summed E-state index contributed by atoms with van der Waals surface area (Å²) in [5.41, 5.74) is 6.00. The van der Waals surface area contributed by atoms with Gasteiger partial charge in [-0.25, -0.2) is 4.79 Å². The molecule has 0 heterocycles. The summed E-state index contributed by atoms with van der Waals surface area (Å²) in [7, 11) is 0. The van der Waals surface area contributed by atoms with Crippen LogP contribution >= 0.6 is 0 Å². The Kier molecular flexibility index (Phi) is 7.21. The molecule has 1 atom stereocenters. The van der Waals surface area contributed by atoms with Crippen molar-refractivity contribution in [2.24, 2.45) is 0 Å². The SMILES string of the molecule is CCOC(=O)[C@H](Cc1ccc(O)cc1C)NC(=O)Cc1c(C)cc(C)cc1C. The van der Waals surface area contributed by atoms with Crippen LogP contribution < -0.4 is 5.32 Å². The fourth-order valence-corrected chi connectivity index (χ4v) is 3.46. The third kappa shape index (κ3) is 5.59.